The highest BCUT2D eigenvalue weighted by molar-refractivity contribution is 7.88. The Morgan fingerprint density at radius 3 is 2.36 bits per heavy atom. The molecule has 0 amide bonds. The Morgan fingerprint density at radius 1 is 1.18 bits per heavy atom. The minimum Gasteiger partial charge on any atom is -0.316 e. The highest BCUT2D eigenvalue weighted by Crippen LogP contribution is 2.49. The van der Waals surface area contributed by atoms with Gasteiger partial charge in [-0.3, -0.25) is 9.35 Å². The average molecular weight is 442 g/mol. The van der Waals surface area contributed by atoms with Crippen LogP contribution in [0.1, 0.15) is 35.7 Å². The van der Waals surface area contributed by atoms with E-state index in [9.17, 15) is 17.8 Å². The second-order valence-corrected chi connectivity index (χ2v) is 9.45. The molecule has 1 fully saturated rings. The van der Waals surface area contributed by atoms with Crippen molar-refractivity contribution in [2.24, 2.45) is 0 Å². The second kappa shape index (κ2) is 7.76. The molecule has 1 heterocycles. The fourth-order valence-corrected chi connectivity index (χ4v) is 6.20. The zero-order valence-electron chi connectivity index (χ0n) is 15.3. The van der Waals surface area contributed by atoms with Gasteiger partial charge >= 0.3 is 0 Å². The molecule has 2 N–H and O–H groups in total. The normalized spacial score (nSPS) is 22.0. The molecule has 0 bridgehead atoms. The first kappa shape index (κ1) is 21.3. The van der Waals surface area contributed by atoms with E-state index in [1.165, 1.54) is 0 Å². The van der Waals surface area contributed by atoms with E-state index in [1.807, 2.05) is 0 Å². The molecule has 0 spiro atoms. The van der Waals surface area contributed by atoms with Gasteiger partial charge in [-0.05, 0) is 37.1 Å². The molecule has 0 aromatic heterocycles. The van der Waals surface area contributed by atoms with Crippen molar-refractivity contribution < 1.29 is 17.8 Å². The molecule has 5 nitrogen and oxygen atoms in total. The number of hydrogen-bond donors (Lipinski definition) is 2. The van der Waals surface area contributed by atoms with Gasteiger partial charge in [-0.15, -0.1) is 0 Å². The van der Waals surface area contributed by atoms with Crippen LogP contribution in [0.4, 0.5) is 0 Å². The van der Waals surface area contributed by atoms with Gasteiger partial charge in [0.15, 0.2) is 10.5 Å². The van der Waals surface area contributed by atoms with Crippen LogP contribution in [0, 0.1) is 0 Å². The third kappa shape index (κ3) is 3.17. The van der Waals surface area contributed by atoms with Gasteiger partial charge in [0, 0.05) is 17.5 Å². The zero-order chi connectivity index (χ0) is 20.6. The number of rotatable bonds is 6. The molecule has 28 heavy (non-hydrogen) atoms. The summed E-state index contributed by atoms with van der Waals surface area (Å²) in [6.07, 6.45) is 0.249. The van der Waals surface area contributed by atoms with Crippen molar-refractivity contribution in [3.8, 4) is 0 Å². The highest BCUT2D eigenvalue weighted by Gasteiger charge is 2.64. The van der Waals surface area contributed by atoms with E-state index in [-0.39, 0.29) is 23.6 Å². The molecule has 150 valence electrons. The van der Waals surface area contributed by atoms with E-state index in [0.29, 0.717) is 23.6 Å². The van der Waals surface area contributed by atoms with Gasteiger partial charge in [0.25, 0.3) is 10.1 Å². The summed E-state index contributed by atoms with van der Waals surface area (Å²) in [4.78, 5) is 13.6. The molecule has 2 atom stereocenters. The van der Waals surface area contributed by atoms with Gasteiger partial charge in [-0.25, -0.2) is 0 Å². The van der Waals surface area contributed by atoms with Crippen LogP contribution in [0.2, 0.25) is 10.0 Å². The smallest absolute Gasteiger partial charge is 0.279 e. The van der Waals surface area contributed by atoms with Crippen LogP contribution in [0.25, 0.3) is 0 Å². The monoisotopic (exact) mass is 441 g/mol. The summed E-state index contributed by atoms with van der Waals surface area (Å²) in [6.45, 7) is 2.31. The lowest BCUT2D eigenvalue weighted by atomic mass is 9.65. The molecule has 3 rings (SSSR count). The first-order valence-corrected chi connectivity index (χ1v) is 11.1. The molecule has 2 aromatic carbocycles. The molecule has 0 saturated carbocycles. The van der Waals surface area contributed by atoms with Crippen LogP contribution in [0.15, 0.2) is 48.5 Å². The van der Waals surface area contributed by atoms with Crippen molar-refractivity contribution in [3.05, 3.63) is 69.7 Å². The van der Waals surface area contributed by atoms with Crippen LogP contribution < -0.4 is 5.32 Å². The standard InChI is InChI=1S/C20H21Cl2NO4S/c1-2-20(28(25,26)27,18(24)14-6-4-3-5-7-14)19(10-11-23-13-19)15-8-9-16(21)17(22)12-15/h3-9,12,23H,2,10-11,13H2,1H3,(H,25,26,27). The third-order valence-electron chi connectivity index (χ3n) is 5.74. The van der Waals surface area contributed by atoms with E-state index in [0.717, 1.165) is 0 Å². The van der Waals surface area contributed by atoms with Crippen LogP contribution >= 0.6 is 23.2 Å². The van der Waals surface area contributed by atoms with Gasteiger partial charge in [0.1, 0.15) is 0 Å². The Hall–Kier alpha value is -1.44. The van der Waals surface area contributed by atoms with Gasteiger partial charge in [0.2, 0.25) is 0 Å². The quantitative estimate of drug-likeness (QED) is 0.519. The Morgan fingerprint density at radius 2 is 1.86 bits per heavy atom. The average Bonchev–Trinajstić information content (AvgIpc) is 3.15. The topological polar surface area (TPSA) is 83.5 Å². The lowest BCUT2D eigenvalue weighted by molar-refractivity contribution is 0.0869. The number of carbonyl (C=O) groups is 1. The molecule has 1 aliphatic rings. The van der Waals surface area contributed by atoms with E-state index >= 15 is 0 Å². The van der Waals surface area contributed by atoms with E-state index in [4.69, 9.17) is 23.2 Å². The number of hydrogen-bond acceptors (Lipinski definition) is 4. The molecule has 2 unspecified atom stereocenters. The fraction of sp³-hybridized carbons (Fsp3) is 0.350. The molecule has 2 aromatic rings. The molecule has 1 aliphatic heterocycles. The predicted octanol–water partition coefficient (Wildman–Crippen LogP) is 4.14. The SMILES string of the molecule is CCC(C(=O)c1ccccc1)(C1(c2ccc(Cl)c(Cl)c2)CCNC1)S(=O)(=O)O. The maximum Gasteiger partial charge on any atom is 0.279 e. The number of carbonyl (C=O) groups excluding carboxylic acids is 1. The van der Waals surface area contributed by atoms with Crippen molar-refractivity contribution in [3.63, 3.8) is 0 Å². The summed E-state index contributed by atoms with van der Waals surface area (Å²) in [7, 11) is -4.80. The minimum atomic E-state index is -4.80. The third-order valence-corrected chi connectivity index (χ3v) is 8.23. The molecular weight excluding hydrogens is 421 g/mol. The largest absolute Gasteiger partial charge is 0.316 e. The van der Waals surface area contributed by atoms with E-state index < -0.39 is 26.1 Å². The first-order chi connectivity index (χ1) is 13.2. The number of halogens is 2. The molecule has 8 heteroatoms. The number of ketones is 1. The Balaban J connectivity index is 2.34. The van der Waals surface area contributed by atoms with Crippen LogP contribution in [-0.2, 0) is 15.5 Å². The molecule has 0 radical (unpaired) electrons. The van der Waals surface area contributed by atoms with Crippen molar-refractivity contribution in [2.75, 3.05) is 13.1 Å². The first-order valence-electron chi connectivity index (χ1n) is 8.93. The summed E-state index contributed by atoms with van der Waals surface area (Å²) in [5.74, 6) is -0.632. The Labute approximate surface area is 174 Å². The summed E-state index contributed by atoms with van der Waals surface area (Å²) >= 11 is 12.3. The Kier molecular flexibility index (Phi) is 5.90. The van der Waals surface area contributed by atoms with Gasteiger partial charge in [-0.1, -0.05) is 66.5 Å². The summed E-state index contributed by atoms with van der Waals surface area (Å²) in [5, 5.41) is 3.75. The summed E-state index contributed by atoms with van der Waals surface area (Å²) < 4.78 is 34.1. The van der Waals surface area contributed by atoms with E-state index in [2.05, 4.69) is 5.32 Å². The van der Waals surface area contributed by atoms with Gasteiger partial charge < -0.3 is 5.32 Å². The summed E-state index contributed by atoms with van der Waals surface area (Å²) in [6, 6.07) is 13.0. The van der Waals surface area contributed by atoms with Crippen LogP contribution in [-0.4, -0.2) is 36.6 Å². The Bertz CT molecular complexity index is 989. The zero-order valence-corrected chi connectivity index (χ0v) is 17.6. The maximum atomic E-state index is 13.6. The molecular formula is C20H21Cl2NO4S. The molecule has 0 aliphatic carbocycles. The van der Waals surface area contributed by atoms with Crippen LogP contribution in [0.3, 0.4) is 0 Å². The van der Waals surface area contributed by atoms with Gasteiger partial charge in [0.05, 0.1) is 10.0 Å². The maximum absolute atomic E-state index is 13.6. The lowest BCUT2D eigenvalue weighted by Gasteiger charge is -2.45. The van der Waals surface area contributed by atoms with Crippen molar-refractivity contribution in [2.45, 2.75) is 29.9 Å². The number of benzene rings is 2. The minimum absolute atomic E-state index is 0.0957. The number of nitrogens with one attached hydrogen (secondary N) is 1. The highest BCUT2D eigenvalue weighted by atomic mass is 35.5. The lowest BCUT2D eigenvalue weighted by Crippen LogP contribution is -2.62. The fourth-order valence-electron chi connectivity index (χ4n) is 4.40. The van der Waals surface area contributed by atoms with E-state index in [1.54, 1.807) is 55.5 Å². The van der Waals surface area contributed by atoms with Crippen molar-refractivity contribution >= 4 is 39.1 Å². The second-order valence-electron chi connectivity index (χ2n) is 6.99. The number of Topliss-reactive ketones (excluding diaryl/α,β-unsaturated/α-hetero) is 1. The predicted molar refractivity (Wildman–Crippen MR) is 111 cm³/mol. The van der Waals surface area contributed by atoms with Crippen molar-refractivity contribution in [1.29, 1.82) is 0 Å². The van der Waals surface area contributed by atoms with Crippen molar-refractivity contribution in [1.82, 2.24) is 5.32 Å². The van der Waals surface area contributed by atoms with Gasteiger partial charge in [-0.2, -0.15) is 8.42 Å². The summed E-state index contributed by atoms with van der Waals surface area (Å²) in [5.41, 5.74) is -0.416. The van der Waals surface area contributed by atoms with Crippen LogP contribution in [0.5, 0.6) is 0 Å². The molecule has 1 saturated heterocycles.